The third kappa shape index (κ3) is 2.64. The summed E-state index contributed by atoms with van der Waals surface area (Å²) in [7, 11) is 0. The van der Waals surface area contributed by atoms with E-state index < -0.39 is 0 Å². The summed E-state index contributed by atoms with van der Waals surface area (Å²) in [5, 5.41) is 4.13. The number of anilines is 2. The molecule has 1 aromatic heterocycles. The lowest BCUT2D eigenvalue weighted by atomic mass is 10.1. The third-order valence-corrected chi connectivity index (χ3v) is 3.18. The Labute approximate surface area is 117 Å². The fourth-order valence-corrected chi connectivity index (χ4v) is 2.13. The van der Waals surface area contributed by atoms with Crippen molar-refractivity contribution < 1.29 is 0 Å². The fourth-order valence-electron chi connectivity index (χ4n) is 2.01. The van der Waals surface area contributed by atoms with Crippen LogP contribution in [0.15, 0.2) is 66.9 Å². The molecule has 94 valence electrons. The fraction of sp³-hybridized carbons (Fsp3) is 0. The first-order chi connectivity index (χ1) is 9.33. The average molecular weight is 269 g/mol. The van der Waals surface area contributed by atoms with Gasteiger partial charge in [-0.25, -0.2) is 0 Å². The number of halogens is 1. The van der Waals surface area contributed by atoms with Gasteiger partial charge in [0, 0.05) is 22.5 Å². The molecule has 0 radical (unpaired) electrons. The van der Waals surface area contributed by atoms with Crippen LogP contribution in [-0.4, -0.2) is 4.98 Å². The first-order valence-electron chi connectivity index (χ1n) is 6.08. The van der Waals surface area contributed by atoms with Crippen molar-refractivity contribution in [2.24, 2.45) is 0 Å². The molecule has 0 aliphatic heterocycles. The third-order valence-electron chi connectivity index (χ3n) is 2.93. The predicted molar refractivity (Wildman–Crippen MR) is 81.0 cm³/mol. The van der Waals surface area contributed by atoms with Crippen LogP contribution in [-0.2, 0) is 0 Å². The van der Waals surface area contributed by atoms with Crippen LogP contribution in [0.1, 0.15) is 0 Å². The van der Waals surface area contributed by atoms with E-state index in [2.05, 4.69) is 22.4 Å². The molecule has 0 saturated carbocycles. The Morgan fingerprint density at radius 2 is 1.58 bits per heavy atom. The average Bonchev–Trinajstić information content (AvgIpc) is 2.90. The van der Waals surface area contributed by atoms with E-state index in [-0.39, 0.29) is 0 Å². The van der Waals surface area contributed by atoms with Crippen LogP contribution in [0.2, 0.25) is 5.02 Å². The van der Waals surface area contributed by atoms with Gasteiger partial charge >= 0.3 is 0 Å². The summed E-state index contributed by atoms with van der Waals surface area (Å²) in [6, 6.07) is 19.9. The summed E-state index contributed by atoms with van der Waals surface area (Å²) < 4.78 is 0. The van der Waals surface area contributed by atoms with Gasteiger partial charge in [0.15, 0.2) is 0 Å². The molecule has 0 unspecified atom stereocenters. The molecule has 0 saturated heterocycles. The van der Waals surface area contributed by atoms with Crippen molar-refractivity contribution in [2.45, 2.75) is 0 Å². The van der Waals surface area contributed by atoms with Crippen molar-refractivity contribution in [3.05, 3.63) is 71.9 Å². The van der Waals surface area contributed by atoms with Crippen LogP contribution in [0.5, 0.6) is 0 Å². The molecule has 0 bridgehead atoms. The Morgan fingerprint density at radius 1 is 0.842 bits per heavy atom. The lowest BCUT2D eigenvalue weighted by Gasteiger charge is -2.08. The smallest absolute Gasteiger partial charge is 0.0693 e. The molecule has 3 aromatic rings. The molecule has 2 N–H and O–H groups in total. The van der Waals surface area contributed by atoms with Crippen molar-refractivity contribution in [2.75, 3.05) is 5.32 Å². The minimum atomic E-state index is 0.739. The lowest BCUT2D eigenvalue weighted by molar-refractivity contribution is 1.40. The topological polar surface area (TPSA) is 27.8 Å². The van der Waals surface area contributed by atoms with Crippen LogP contribution in [0.4, 0.5) is 11.4 Å². The van der Waals surface area contributed by atoms with Gasteiger partial charge in [0.25, 0.3) is 0 Å². The SMILES string of the molecule is Clc1ccc(Nc2cc[nH]c2-c2ccccc2)cc1. The van der Waals surface area contributed by atoms with Gasteiger partial charge < -0.3 is 10.3 Å². The molecule has 1 heterocycles. The zero-order valence-corrected chi connectivity index (χ0v) is 11.0. The summed E-state index contributed by atoms with van der Waals surface area (Å²) in [6.07, 6.45) is 1.93. The normalized spacial score (nSPS) is 10.4. The van der Waals surface area contributed by atoms with Crippen LogP contribution >= 0.6 is 11.6 Å². The predicted octanol–water partition coefficient (Wildman–Crippen LogP) is 5.08. The van der Waals surface area contributed by atoms with E-state index in [0.29, 0.717) is 0 Å². The van der Waals surface area contributed by atoms with Crippen molar-refractivity contribution in [1.29, 1.82) is 0 Å². The number of aromatic amines is 1. The molecular weight excluding hydrogens is 256 g/mol. The number of H-pyrrole nitrogens is 1. The zero-order valence-electron chi connectivity index (χ0n) is 10.2. The monoisotopic (exact) mass is 268 g/mol. The van der Waals surface area contributed by atoms with Crippen molar-refractivity contribution >= 4 is 23.0 Å². The van der Waals surface area contributed by atoms with E-state index in [4.69, 9.17) is 11.6 Å². The molecule has 3 rings (SSSR count). The standard InChI is InChI=1S/C16H13ClN2/c17-13-6-8-14(9-7-13)19-15-10-11-18-16(15)12-4-2-1-3-5-12/h1-11,18-19H. The molecule has 2 aromatic carbocycles. The zero-order chi connectivity index (χ0) is 13.1. The second-order valence-electron chi connectivity index (χ2n) is 4.26. The Balaban J connectivity index is 1.91. The van der Waals surface area contributed by atoms with Crippen LogP contribution in [0.3, 0.4) is 0 Å². The van der Waals surface area contributed by atoms with Crippen molar-refractivity contribution in [1.82, 2.24) is 4.98 Å². The minimum absolute atomic E-state index is 0.739. The maximum absolute atomic E-state index is 5.89. The van der Waals surface area contributed by atoms with E-state index >= 15 is 0 Å². The quantitative estimate of drug-likeness (QED) is 0.681. The molecular formula is C16H13ClN2. The second-order valence-corrected chi connectivity index (χ2v) is 4.70. The highest BCUT2D eigenvalue weighted by atomic mass is 35.5. The van der Waals surface area contributed by atoms with Gasteiger partial charge in [-0.15, -0.1) is 0 Å². The number of hydrogen-bond donors (Lipinski definition) is 2. The summed E-state index contributed by atoms with van der Waals surface area (Å²) in [5.41, 5.74) is 4.30. The first-order valence-corrected chi connectivity index (χ1v) is 6.46. The van der Waals surface area contributed by atoms with Gasteiger partial charge in [-0.1, -0.05) is 41.9 Å². The molecule has 0 atom stereocenters. The number of rotatable bonds is 3. The van der Waals surface area contributed by atoms with Crippen molar-refractivity contribution in [3.8, 4) is 11.3 Å². The highest BCUT2D eigenvalue weighted by Gasteiger charge is 2.06. The van der Waals surface area contributed by atoms with Crippen molar-refractivity contribution in [3.63, 3.8) is 0 Å². The highest BCUT2D eigenvalue weighted by Crippen LogP contribution is 2.29. The van der Waals surface area contributed by atoms with E-state index in [0.717, 1.165) is 27.7 Å². The molecule has 0 aliphatic carbocycles. The van der Waals surface area contributed by atoms with Gasteiger partial charge in [-0.05, 0) is 30.3 Å². The van der Waals surface area contributed by atoms with Gasteiger partial charge in [-0.2, -0.15) is 0 Å². The number of aromatic nitrogens is 1. The van der Waals surface area contributed by atoms with Crippen LogP contribution in [0, 0.1) is 0 Å². The van der Waals surface area contributed by atoms with Crippen LogP contribution in [0.25, 0.3) is 11.3 Å². The first kappa shape index (κ1) is 11.9. The maximum atomic E-state index is 5.89. The van der Waals surface area contributed by atoms with Gasteiger partial charge in [0.2, 0.25) is 0 Å². The number of hydrogen-bond acceptors (Lipinski definition) is 1. The maximum Gasteiger partial charge on any atom is 0.0693 e. The van der Waals surface area contributed by atoms with E-state index in [1.807, 2.05) is 54.7 Å². The number of nitrogens with one attached hydrogen (secondary N) is 2. The lowest BCUT2D eigenvalue weighted by Crippen LogP contribution is -1.90. The Hall–Kier alpha value is -2.19. The van der Waals surface area contributed by atoms with Gasteiger partial charge in [0.05, 0.1) is 11.4 Å². The largest absolute Gasteiger partial charge is 0.359 e. The number of benzene rings is 2. The molecule has 3 heteroatoms. The minimum Gasteiger partial charge on any atom is -0.359 e. The van der Waals surface area contributed by atoms with Gasteiger partial charge in [-0.3, -0.25) is 0 Å². The summed E-state index contributed by atoms with van der Waals surface area (Å²) in [6.45, 7) is 0. The molecule has 0 spiro atoms. The van der Waals surface area contributed by atoms with E-state index in [1.165, 1.54) is 0 Å². The Kier molecular flexibility index (Phi) is 3.25. The molecule has 0 aliphatic rings. The van der Waals surface area contributed by atoms with E-state index in [9.17, 15) is 0 Å². The second kappa shape index (κ2) is 5.21. The summed E-state index contributed by atoms with van der Waals surface area (Å²) >= 11 is 5.89. The summed E-state index contributed by atoms with van der Waals surface area (Å²) in [5.74, 6) is 0. The highest BCUT2D eigenvalue weighted by molar-refractivity contribution is 6.30. The van der Waals surface area contributed by atoms with E-state index in [1.54, 1.807) is 0 Å². The molecule has 19 heavy (non-hydrogen) atoms. The summed E-state index contributed by atoms with van der Waals surface area (Å²) in [4.78, 5) is 3.27. The Bertz CT molecular complexity index is 657. The molecule has 2 nitrogen and oxygen atoms in total. The van der Waals surface area contributed by atoms with Gasteiger partial charge in [0.1, 0.15) is 0 Å². The molecule has 0 amide bonds. The molecule has 0 fully saturated rings. The van der Waals surface area contributed by atoms with Crippen LogP contribution < -0.4 is 5.32 Å². The Morgan fingerprint density at radius 3 is 2.32 bits per heavy atom.